The van der Waals surface area contributed by atoms with E-state index in [0.29, 0.717) is 6.61 Å². The third-order valence-electron chi connectivity index (χ3n) is 4.11. The molecule has 1 aliphatic heterocycles. The van der Waals surface area contributed by atoms with Crippen molar-refractivity contribution in [3.8, 4) is 0 Å². The second-order valence-corrected chi connectivity index (χ2v) is 7.53. The van der Waals surface area contributed by atoms with Crippen LogP contribution in [0.1, 0.15) is 12.8 Å². The fourth-order valence-corrected chi connectivity index (χ4v) is 3.87. The minimum absolute atomic E-state index is 0.0181. The van der Waals surface area contributed by atoms with Crippen molar-refractivity contribution < 1.29 is 18.1 Å². The first-order chi connectivity index (χ1) is 10.9. The number of rotatable bonds is 7. The summed E-state index contributed by atoms with van der Waals surface area (Å²) in [7, 11) is -2.10. The third-order valence-corrected chi connectivity index (χ3v) is 5.53. The minimum atomic E-state index is -3.71. The van der Waals surface area contributed by atoms with E-state index in [4.69, 9.17) is 4.74 Å². The van der Waals surface area contributed by atoms with Gasteiger partial charge in [-0.3, -0.25) is 10.1 Å². The van der Waals surface area contributed by atoms with Crippen molar-refractivity contribution in [1.29, 1.82) is 0 Å². The molecule has 8 nitrogen and oxygen atoms in total. The van der Waals surface area contributed by atoms with Gasteiger partial charge in [-0.1, -0.05) is 0 Å². The highest BCUT2D eigenvalue weighted by Gasteiger charge is 2.33. The zero-order valence-electron chi connectivity index (χ0n) is 12.9. The van der Waals surface area contributed by atoms with Gasteiger partial charge in [-0.05, 0) is 38.1 Å². The van der Waals surface area contributed by atoms with Crippen molar-refractivity contribution in [3.63, 3.8) is 0 Å². The van der Waals surface area contributed by atoms with Gasteiger partial charge in [0.2, 0.25) is 10.0 Å². The number of nitrogens with one attached hydrogen (secondary N) is 2. The molecule has 1 heterocycles. The number of nitrogens with zero attached hydrogens (tertiary/aromatic N) is 1. The second kappa shape index (κ2) is 7.35. The Balaban J connectivity index is 2.09. The summed E-state index contributed by atoms with van der Waals surface area (Å²) in [4.78, 5) is 10.1. The molecular weight excluding hydrogens is 322 g/mol. The lowest BCUT2D eigenvalue weighted by molar-refractivity contribution is -0.384. The van der Waals surface area contributed by atoms with Crippen molar-refractivity contribution >= 4 is 15.7 Å². The molecule has 0 unspecified atom stereocenters. The summed E-state index contributed by atoms with van der Waals surface area (Å²) in [5.74, 6) is 0. The molecule has 9 heteroatoms. The van der Waals surface area contributed by atoms with Crippen LogP contribution in [0.2, 0.25) is 0 Å². The van der Waals surface area contributed by atoms with Crippen LogP contribution in [0.5, 0.6) is 0 Å². The molecule has 0 saturated carbocycles. The Hall–Kier alpha value is -1.55. The van der Waals surface area contributed by atoms with E-state index in [9.17, 15) is 18.5 Å². The Morgan fingerprint density at radius 1 is 1.30 bits per heavy atom. The number of non-ortho nitro benzene ring substituents is 1. The number of sulfonamides is 1. The molecule has 128 valence electrons. The Kier molecular flexibility index (Phi) is 5.69. The van der Waals surface area contributed by atoms with Crippen LogP contribution in [0.4, 0.5) is 5.69 Å². The number of hydrogen-bond donors (Lipinski definition) is 2. The summed E-state index contributed by atoms with van der Waals surface area (Å²) in [6.45, 7) is 2.41. The normalized spacial score (nSPS) is 17.8. The van der Waals surface area contributed by atoms with Crippen LogP contribution in [-0.2, 0) is 14.8 Å². The van der Waals surface area contributed by atoms with Crippen LogP contribution >= 0.6 is 0 Å². The van der Waals surface area contributed by atoms with E-state index >= 15 is 0 Å². The number of nitro groups is 1. The van der Waals surface area contributed by atoms with Crippen LogP contribution < -0.4 is 10.0 Å². The molecule has 0 bridgehead atoms. The lowest BCUT2D eigenvalue weighted by atomic mass is 9.80. The zero-order valence-corrected chi connectivity index (χ0v) is 13.8. The average molecular weight is 343 g/mol. The molecule has 1 aromatic rings. The van der Waals surface area contributed by atoms with Gasteiger partial charge in [0.05, 0.1) is 16.4 Å². The molecule has 0 radical (unpaired) electrons. The van der Waals surface area contributed by atoms with Gasteiger partial charge in [0.25, 0.3) is 5.69 Å². The number of hydrogen-bond acceptors (Lipinski definition) is 6. The second-order valence-electron chi connectivity index (χ2n) is 5.76. The zero-order chi connectivity index (χ0) is 16.9. The molecule has 2 N–H and O–H groups in total. The fraction of sp³-hybridized carbons (Fsp3) is 0.571. The molecular formula is C14H21N3O5S. The highest BCUT2D eigenvalue weighted by atomic mass is 32.2. The Morgan fingerprint density at radius 2 is 1.91 bits per heavy atom. The molecule has 0 aliphatic carbocycles. The maximum absolute atomic E-state index is 12.4. The standard InChI is InChI=1S/C14H21N3O5S/c1-22-11-14(6-8-15-9-7-14)10-16-23(20,21)13-4-2-12(3-5-13)17(18)19/h2-5,15-16H,6-11H2,1H3. The molecule has 1 aromatic carbocycles. The first kappa shape index (κ1) is 17.8. The van der Waals surface area contributed by atoms with Gasteiger partial charge in [0.1, 0.15) is 0 Å². The maximum Gasteiger partial charge on any atom is 0.269 e. The average Bonchev–Trinajstić information content (AvgIpc) is 2.54. The summed E-state index contributed by atoms with van der Waals surface area (Å²) >= 11 is 0. The predicted molar refractivity (Wildman–Crippen MR) is 84.7 cm³/mol. The topological polar surface area (TPSA) is 111 Å². The van der Waals surface area contributed by atoms with Crippen LogP contribution in [0.15, 0.2) is 29.2 Å². The van der Waals surface area contributed by atoms with E-state index in [0.717, 1.165) is 25.9 Å². The summed E-state index contributed by atoms with van der Waals surface area (Å²) in [6, 6.07) is 4.85. The van der Waals surface area contributed by atoms with Gasteiger partial charge < -0.3 is 10.1 Å². The number of ether oxygens (including phenoxy) is 1. The number of nitro benzene ring substituents is 1. The van der Waals surface area contributed by atoms with E-state index < -0.39 is 14.9 Å². The molecule has 1 fully saturated rings. The minimum Gasteiger partial charge on any atom is -0.384 e. The van der Waals surface area contributed by atoms with Crippen LogP contribution in [0, 0.1) is 15.5 Å². The fourth-order valence-electron chi connectivity index (χ4n) is 2.71. The van der Waals surface area contributed by atoms with E-state index in [2.05, 4.69) is 10.0 Å². The summed E-state index contributed by atoms with van der Waals surface area (Å²) in [5, 5.41) is 13.9. The van der Waals surface area contributed by atoms with E-state index in [1.165, 1.54) is 24.3 Å². The van der Waals surface area contributed by atoms with Gasteiger partial charge in [0, 0.05) is 31.2 Å². The van der Waals surface area contributed by atoms with Gasteiger partial charge in [-0.2, -0.15) is 0 Å². The molecule has 1 saturated heterocycles. The highest BCUT2D eigenvalue weighted by Crippen LogP contribution is 2.29. The van der Waals surface area contributed by atoms with Gasteiger partial charge in [-0.15, -0.1) is 0 Å². The summed E-state index contributed by atoms with van der Waals surface area (Å²) < 4.78 is 32.6. The quantitative estimate of drug-likeness (QED) is 0.562. The van der Waals surface area contributed by atoms with Crippen molar-refractivity contribution in [2.24, 2.45) is 5.41 Å². The highest BCUT2D eigenvalue weighted by molar-refractivity contribution is 7.89. The summed E-state index contributed by atoms with van der Waals surface area (Å²) in [6.07, 6.45) is 1.65. The first-order valence-corrected chi connectivity index (χ1v) is 8.81. The van der Waals surface area contributed by atoms with Crippen molar-refractivity contribution in [3.05, 3.63) is 34.4 Å². The molecule has 2 rings (SSSR count). The Bertz CT molecular complexity index is 633. The number of benzene rings is 1. The van der Waals surface area contributed by atoms with Gasteiger partial charge >= 0.3 is 0 Å². The molecule has 23 heavy (non-hydrogen) atoms. The van der Waals surface area contributed by atoms with E-state index in [1.807, 2.05) is 0 Å². The third kappa shape index (κ3) is 4.47. The SMILES string of the molecule is COCC1(CNS(=O)(=O)c2ccc([N+](=O)[O-])cc2)CCNCC1. The van der Waals surface area contributed by atoms with Crippen molar-refractivity contribution in [2.45, 2.75) is 17.7 Å². The first-order valence-electron chi connectivity index (χ1n) is 7.32. The van der Waals surface area contributed by atoms with Gasteiger partial charge in [-0.25, -0.2) is 13.1 Å². The van der Waals surface area contributed by atoms with E-state index in [-0.39, 0.29) is 22.5 Å². The monoisotopic (exact) mass is 343 g/mol. The van der Waals surface area contributed by atoms with Crippen LogP contribution in [0.3, 0.4) is 0 Å². The largest absolute Gasteiger partial charge is 0.384 e. The van der Waals surface area contributed by atoms with E-state index in [1.54, 1.807) is 7.11 Å². The Morgan fingerprint density at radius 3 is 2.43 bits per heavy atom. The van der Waals surface area contributed by atoms with Crippen molar-refractivity contribution in [1.82, 2.24) is 10.0 Å². The molecule has 1 aliphatic rings. The van der Waals surface area contributed by atoms with Crippen LogP contribution in [0.25, 0.3) is 0 Å². The van der Waals surface area contributed by atoms with Gasteiger partial charge in [0.15, 0.2) is 0 Å². The predicted octanol–water partition coefficient (Wildman–Crippen LogP) is 0.889. The number of piperidine rings is 1. The Labute approximate surface area is 135 Å². The molecule has 0 amide bonds. The van der Waals surface area contributed by atoms with Crippen molar-refractivity contribution in [2.75, 3.05) is 33.4 Å². The lowest BCUT2D eigenvalue weighted by Gasteiger charge is -2.37. The number of methoxy groups -OCH3 is 1. The molecule has 0 spiro atoms. The maximum atomic E-state index is 12.4. The molecule has 0 atom stereocenters. The lowest BCUT2D eigenvalue weighted by Crippen LogP contribution is -2.47. The smallest absolute Gasteiger partial charge is 0.269 e. The summed E-state index contributed by atoms with van der Waals surface area (Å²) in [5.41, 5.74) is -0.369. The molecule has 0 aromatic heterocycles. The van der Waals surface area contributed by atoms with Crippen LogP contribution in [-0.4, -0.2) is 46.7 Å².